The standard InChI is InChI=1S/C26H31ClF3N3O4S/c1-18(25(35)31-20-11-7-4-8-12-20)32(16-19-9-5-3-6-10-19)24(34)17-33(38(2,36)37)21-13-14-23(27)22(15-21)26(28,29)30/h3,5-6,9-10,13-15,18,20H,4,7-8,11-12,16-17H2,1-2H3,(H,31,35)/t18-/m0/s1. The first-order valence-electron chi connectivity index (χ1n) is 12.3. The second-order valence-electron chi connectivity index (χ2n) is 9.46. The molecular formula is C26H31ClF3N3O4S. The van der Waals surface area contributed by atoms with Crippen molar-refractivity contribution in [2.75, 3.05) is 17.1 Å². The number of amides is 2. The highest BCUT2D eigenvalue weighted by Gasteiger charge is 2.36. The van der Waals surface area contributed by atoms with Crippen molar-refractivity contribution in [1.82, 2.24) is 10.2 Å². The van der Waals surface area contributed by atoms with E-state index in [9.17, 15) is 31.2 Å². The van der Waals surface area contributed by atoms with Gasteiger partial charge in [-0.05, 0) is 43.5 Å². The molecule has 0 aliphatic heterocycles. The largest absolute Gasteiger partial charge is 0.417 e. The lowest BCUT2D eigenvalue weighted by molar-refractivity contribution is -0.139. The minimum absolute atomic E-state index is 0.00486. The van der Waals surface area contributed by atoms with Gasteiger partial charge in [-0.2, -0.15) is 13.2 Å². The summed E-state index contributed by atoms with van der Waals surface area (Å²) in [5.41, 5.74) is -0.884. The molecule has 0 unspecified atom stereocenters. The van der Waals surface area contributed by atoms with Crippen LogP contribution >= 0.6 is 11.6 Å². The van der Waals surface area contributed by atoms with E-state index in [1.54, 1.807) is 37.3 Å². The molecule has 0 radical (unpaired) electrons. The predicted molar refractivity (Wildman–Crippen MR) is 140 cm³/mol. The maximum absolute atomic E-state index is 13.6. The quantitative estimate of drug-likeness (QED) is 0.458. The summed E-state index contributed by atoms with van der Waals surface area (Å²) >= 11 is 5.70. The third-order valence-electron chi connectivity index (χ3n) is 6.54. The highest BCUT2D eigenvalue weighted by atomic mass is 35.5. The zero-order valence-electron chi connectivity index (χ0n) is 21.2. The highest BCUT2D eigenvalue weighted by Crippen LogP contribution is 2.37. The Morgan fingerprint density at radius 1 is 1.08 bits per heavy atom. The molecule has 3 rings (SSSR count). The van der Waals surface area contributed by atoms with Gasteiger partial charge in [0.05, 0.1) is 22.5 Å². The molecule has 2 aromatic rings. The molecule has 0 saturated heterocycles. The Balaban J connectivity index is 1.91. The average molecular weight is 574 g/mol. The van der Waals surface area contributed by atoms with Crippen LogP contribution in [0.4, 0.5) is 18.9 Å². The normalized spacial score (nSPS) is 15.5. The number of anilines is 1. The van der Waals surface area contributed by atoms with Gasteiger partial charge < -0.3 is 10.2 Å². The van der Waals surface area contributed by atoms with Gasteiger partial charge in [0.15, 0.2) is 0 Å². The molecule has 7 nitrogen and oxygen atoms in total. The number of carbonyl (C=O) groups is 2. The van der Waals surface area contributed by atoms with Crippen LogP contribution in [0.5, 0.6) is 0 Å². The van der Waals surface area contributed by atoms with Crippen LogP contribution in [-0.2, 0) is 32.3 Å². The number of nitrogens with one attached hydrogen (secondary N) is 1. The summed E-state index contributed by atoms with van der Waals surface area (Å²) < 4.78 is 66.1. The van der Waals surface area contributed by atoms with E-state index >= 15 is 0 Å². The Morgan fingerprint density at radius 2 is 1.71 bits per heavy atom. The van der Waals surface area contributed by atoms with Gasteiger partial charge in [-0.1, -0.05) is 61.2 Å². The molecule has 1 aliphatic rings. The second kappa shape index (κ2) is 12.4. The van der Waals surface area contributed by atoms with Crippen LogP contribution in [0.25, 0.3) is 0 Å². The number of rotatable bonds is 9. The Morgan fingerprint density at radius 3 is 2.29 bits per heavy atom. The summed E-state index contributed by atoms with van der Waals surface area (Å²) in [6.45, 7) is 0.754. The summed E-state index contributed by atoms with van der Waals surface area (Å²) in [6, 6.07) is 10.5. The van der Waals surface area contributed by atoms with Gasteiger partial charge >= 0.3 is 6.18 Å². The molecule has 1 atom stereocenters. The fraction of sp³-hybridized carbons (Fsp3) is 0.462. The number of alkyl halides is 3. The minimum atomic E-state index is -4.83. The van der Waals surface area contributed by atoms with E-state index in [4.69, 9.17) is 11.6 Å². The van der Waals surface area contributed by atoms with Gasteiger partial charge in [0.25, 0.3) is 0 Å². The molecule has 0 bridgehead atoms. The summed E-state index contributed by atoms with van der Waals surface area (Å²) in [4.78, 5) is 27.9. The van der Waals surface area contributed by atoms with Crippen LogP contribution in [0.3, 0.4) is 0 Å². The summed E-state index contributed by atoms with van der Waals surface area (Å²) in [6.07, 6.45) is 0.736. The molecule has 2 aromatic carbocycles. The summed E-state index contributed by atoms with van der Waals surface area (Å²) in [5, 5.41) is 2.38. The number of carbonyl (C=O) groups excluding carboxylic acids is 2. The zero-order valence-corrected chi connectivity index (χ0v) is 22.7. The minimum Gasteiger partial charge on any atom is -0.352 e. The lowest BCUT2D eigenvalue weighted by atomic mass is 9.95. The average Bonchev–Trinajstić information content (AvgIpc) is 2.85. The van der Waals surface area contributed by atoms with E-state index in [0.717, 1.165) is 50.5 Å². The molecule has 1 fully saturated rings. The maximum Gasteiger partial charge on any atom is 0.417 e. The first-order valence-corrected chi connectivity index (χ1v) is 14.5. The van der Waals surface area contributed by atoms with Crippen molar-refractivity contribution in [3.8, 4) is 0 Å². The van der Waals surface area contributed by atoms with Gasteiger partial charge in [0, 0.05) is 12.6 Å². The summed E-state index contributed by atoms with van der Waals surface area (Å²) in [7, 11) is -4.19. The molecule has 1 aliphatic carbocycles. The van der Waals surface area contributed by atoms with Gasteiger partial charge in [0.2, 0.25) is 21.8 Å². The van der Waals surface area contributed by atoms with Gasteiger partial charge in [-0.3, -0.25) is 13.9 Å². The molecule has 208 valence electrons. The van der Waals surface area contributed by atoms with Crippen LogP contribution < -0.4 is 9.62 Å². The topological polar surface area (TPSA) is 86.8 Å². The predicted octanol–water partition coefficient (Wildman–Crippen LogP) is 4.99. The van der Waals surface area contributed by atoms with Crippen molar-refractivity contribution in [2.24, 2.45) is 0 Å². The number of hydrogen-bond acceptors (Lipinski definition) is 4. The number of hydrogen-bond donors (Lipinski definition) is 1. The van der Waals surface area contributed by atoms with E-state index in [1.807, 2.05) is 0 Å². The van der Waals surface area contributed by atoms with E-state index in [0.29, 0.717) is 15.9 Å². The highest BCUT2D eigenvalue weighted by molar-refractivity contribution is 7.92. The SMILES string of the molecule is C[C@@H](C(=O)NC1CCCCC1)N(Cc1ccccc1)C(=O)CN(c1ccc(Cl)c(C(F)(F)F)c1)S(C)(=O)=O. The summed E-state index contributed by atoms with van der Waals surface area (Å²) in [5.74, 6) is -1.12. The Kier molecular flexibility index (Phi) is 9.69. The third-order valence-corrected chi connectivity index (χ3v) is 8.01. The van der Waals surface area contributed by atoms with E-state index in [2.05, 4.69) is 5.32 Å². The van der Waals surface area contributed by atoms with Crippen molar-refractivity contribution >= 4 is 39.1 Å². The molecule has 0 spiro atoms. The Bertz CT molecular complexity index is 1240. The fourth-order valence-corrected chi connectivity index (χ4v) is 5.50. The molecular weight excluding hydrogens is 543 g/mol. The number of nitrogens with zero attached hydrogens (tertiary/aromatic N) is 2. The van der Waals surface area contributed by atoms with Gasteiger partial charge in [-0.25, -0.2) is 8.42 Å². The van der Waals surface area contributed by atoms with Crippen LogP contribution in [-0.4, -0.2) is 50.0 Å². The van der Waals surface area contributed by atoms with Crippen molar-refractivity contribution in [1.29, 1.82) is 0 Å². The maximum atomic E-state index is 13.6. The van der Waals surface area contributed by atoms with Crippen LogP contribution in [0.2, 0.25) is 5.02 Å². The van der Waals surface area contributed by atoms with Crippen molar-refractivity contribution in [3.05, 3.63) is 64.7 Å². The van der Waals surface area contributed by atoms with Crippen molar-refractivity contribution in [2.45, 2.75) is 63.8 Å². The number of sulfonamides is 1. The molecule has 1 saturated carbocycles. The Hall–Kier alpha value is -2.79. The smallest absolute Gasteiger partial charge is 0.352 e. The van der Waals surface area contributed by atoms with E-state index in [-0.39, 0.29) is 24.2 Å². The first-order chi connectivity index (χ1) is 17.8. The second-order valence-corrected chi connectivity index (χ2v) is 11.8. The molecule has 1 N–H and O–H groups in total. The lowest BCUT2D eigenvalue weighted by Gasteiger charge is -2.33. The zero-order chi connectivity index (χ0) is 28.1. The molecule has 0 aromatic heterocycles. The Labute approximate surface area is 226 Å². The molecule has 12 heteroatoms. The van der Waals surface area contributed by atoms with Crippen molar-refractivity contribution in [3.63, 3.8) is 0 Å². The fourth-order valence-electron chi connectivity index (χ4n) is 4.43. The molecule has 38 heavy (non-hydrogen) atoms. The van der Waals surface area contributed by atoms with E-state index < -0.39 is 45.3 Å². The first kappa shape index (κ1) is 29.8. The van der Waals surface area contributed by atoms with Gasteiger partial charge in [-0.15, -0.1) is 0 Å². The lowest BCUT2D eigenvalue weighted by Crippen LogP contribution is -2.53. The molecule has 2 amide bonds. The van der Waals surface area contributed by atoms with Gasteiger partial charge in [0.1, 0.15) is 12.6 Å². The van der Waals surface area contributed by atoms with E-state index in [1.165, 1.54) is 4.90 Å². The van der Waals surface area contributed by atoms with Crippen molar-refractivity contribution < 1.29 is 31.2 Å². The van der Waals surface area contributed by atoms with Crippen LogP contribution in [0.15, 0.2) is 48.5 Å². The monoisotopic (exact) mass is 573 g/mol. The number of halogens is 4. The number of benzene rings is 2. The third kappa shape index (κ3) is 7.86. The van der Waals surface area contributed by atoms with Crippen LogP contribution in [0.1, 0.15) is 50.2 Å². The molecule has 0 heterocycles. The van der Waals surface area contributed by atoms with Crippen LogP contribution in [0, 0.1) is 0 Å².